The van der Waals surface area contributed by atoms with Crippen molar-refractivity contribution in [2.75, 3.05) is 19.7 Å². The number of hydrogen-bond donors (Lipinski definition) is 1. The fourth-order valence-electron chi connectivity index (χ4n) is 3.96. The van der Waals surface area contributed by atoms with Gasteiger partial charge in [0.05, 0.1) is 18.8 Å². The molecule has 2 unspecified atom stereocenters. The molecule has 3 rings (SSSR count). The van der Waals surface area contributed by atoms with Crippen molar-refractivity contribution < 1.29 is 9.53 Å². The highest BCUT2D eigenvalue weighted by Crippen LogP contribution is 2.43. The number of carbonyl (C=O) groups excluding carboxylic acids is 1. The minimum absolute atomic E-state index is 0.125. The Morgan fingerprint density at radius 3 is 2.74 bits per heavy atom. The molecule has 2 saturated carbocycles. The third kappa shape index (κ3) is 2.52. The quantitative estimate of drug-likeness (QED) is 0.845. The summed E-state index contributed by atoms with van der Waals surface area (Å²) in [5.41, 5.74) is 6.01. The third-order valence-corrected chi connectivity index (χ3v) is 5.43. The molecule has 1 amide bonds. The van der Waals surface area contributed by atoms with Crippen LogP contribution in [0.4, 0.5) is 0 Å². The second-order valence-corrected chi connectivity index (χ2v) is 6.58. The van der Waals surface area contributed by atoms with Gasteiger partial charge in [0.25, 0.3) is 0 Å². The Bertz CT molecular complexity index is 334. The number of hydrogen-bond acceptors (Lipinski definition) is 3. The molecule has 0 spiro atoms. The molecule has 1 heterocycles. The van der Waals surface area contributed by atoms with Crippen molar-refractivity contribution in [2.24, 2.45) is 11.1 Å². The van der Waals surface area contributed by atoms with Gasteiger partial charge in [-0.3, -0.25) is 4.79 Å². The van der Waals surface area contributed by atoms with Crippen LogP contribution in [0.3, 0.4) is 0 Å². The highest BCUT2D eigenvalue weighted by Gasteiger charge is 2.42. The summed E-state index contributed by atoms with van der Waals surface area (Å²) >= 11 is 0. The first-order valence-electron chi connectivity index (χ1n) is 7.85. The van der Waals surface area contributed by atoms with E-state index in [4.69, 9.17) is 10.5 Å². The van der Waals surface area contributed by atoms with E-state index in [1.807, 2.05) is 0 Å². The Balaban J connectivity index is 1.64. The van der Waals surface area contributed by atoms with Crippen molar-refractivity contribution in [3.05, 3.63) is 0 Å². The Morgan fingerprint density at radius 2 is 2.05 bits per heavy atom. The number of morpholine rings is 1. The summed E-state index contributed by atoms with van der Waals surface area (Å²) in [6.07, 6.45) is 9.17. The first-order chi connectivity index (χ1) is 9.24. The van der Waals surface area contributed by atoms with E-state index in [9.17, 15) is 4.79 Å². The number of rotatable bonds is 3. The molecule has 0 aromatic rings. The van der Waals surface area contributed by atoms with Crippen LogP contribution in [-0.4, -0.2) is 42.6 Å². The largest absolute Gasteiger partial charge is 0.374 e. The van der Waals surface area contributed by atoms with Crippen molar-refractivity contribution in [3.63, 3.8) is 0 Å². The number of amides is 1. The second kappa shape index (κ2) is 5.41. The van der Waals surface area contributed by atoms with Crippen LogP contribution >= 0.6 is 0 Å². The smallest absolute Gasteiger partial charge is 0.223 e. The van der Waals surface area contributed by atoms with Gasteiger partial charge < -0.3 is 15.4 Å². The van der Waals surface area contributed by atoms with Crippen LogP contribution in [0.1, 0.15) is 51.4 Å². The van der Waals surface area contributed by atoms with E-state index in [0.717, 1.165) is 32.2 Å². The summed E-state index contributed by atoms with van der Waals surface area (Å²) in [4.78, 5) is 14.7. The van der Waals surface area contributed by atoms with Crippen molar-refractivity contribution in [1.82, 2.24) is 4.90 Å². The lowest BCUT2D eigenvalue weighted by Crippen LogP contribution is -2.56. The Morgan fingerprint density at radius 1 is 1.26 bits per heavy atom. The van der Waals surface area contributed by atoms with E-state index >= 15 is 0 Å². The maximum atomic E-state index is 12.6. The molecule has 19 heavy (non-hydrogen) atoms. The molecular weight excluding hydrogens is 240 g/mol. The zero-order valence-electron chi connectivity index (χ0n) is 11.8. The minimum atomic E-state index is 0.125. The Hall–Kier alpha value is -0.610. The lowest BCUT2D eigenvalue weighted by atomic mass is 9.66. The molecule has 2 aliphatic carbocycles. The van der Waals surface area contributed by atoms with Crippen LogP contribution < -0.4 is 5.73 Å². The van der Waals surface area contributed by atoms with Gasteiger partial charge in [-0.25, -0.2) is 0 Å². The van der Waals surface area contributed by atoms with Crippen LogP contribution in [0, 0.1) is 5.41 Å². The van der Waals surface area contributed by atoms with Gasteiger partial charge in [0, 0.05) is 13.0 Å². The summed E-state index contributed by atoms with van der Waals surface area (Å²) in [7, 11) is 0. The third-order valence-electron chi connectivity index (χ3n) is 5.43. The molecule has 1 saturated heterocycles. The molecule has 3 aliphatic rings. The molecule has 0 bridgehead atoms. The number of ether oxygens (including phenoxy) is 1. The second-order valence-electron chi connectivity index (χ2n) is 6.58. The van der Waals surface area contributed by atoms with E-state index in [1.165, 1.54) is 19.3 Å². The molecule has 0 aromatic carbocycles. The molecule has 4 heteroatoms. The highest BCUT2D eigenvalue weighted by molar-refractivity contribution is 5.77. The number of nitrogens with zero attached hydrogens (tertiary/aromatic N) is 1. The SMILES string of the molecule is NCC1(CC(=O)N2CCOC3CCCCC32)CCC1. The van der Waals surface area contributed by atoms with Crippen LogP contribution in [0.5, 0.6) is 0 Å². The highest BCUT2D eigenvalue weighted by atomic mass is 16.5. The molecular formula is C15H26N2O2. The average molecular weight is 266 g/mol. The van der Waals surface area contributed by atoms with Crippen molar-refractivity contribution in [1.29, 1.82) is 0 Å². The van der Waals surface area contributed by atoms with Gasteiger partial charge in [0.1, 0.15) is 0 Å². The fraction of sp³-hybridized carbons (Fsp3) is 0.933. The monoisotopic (exact) mass is 266 g/mol. The molecule has 2 N–H and O–H groups in total. The van der Waals surface area contributed by atoms with Gasteiger partial charge >= 0.3 is 0 Å². The first kappa shape index (κ1) is 13.4. The summed E-state index contributed by atoms with van der Waals surface area (Å²) in [5.74, 6) is 0.324. The molecule has 2 atom stereocenters. The molecule has 0 radical (unpaired) electrons. The van der Waals surface area contributed by atoms with Crippen LogP contribution in [0.15, 0.2) is 0 Å². The van der Waals surface area contributed by atoms with E-state index < -0.39 is 0 Å². The van der Waals surface area contributed by atoms with E-state index in [1.54, 1.807) is 0 Å². The summed E-state index contributed by atoms with van der Waals surface area (Å²) in [6.45, 7) is 2.15. The summed E-state index contributed by atoms with van der Waals surface area (Å²) in [5, 5.41) is 0. The Labute approximate surface area is 115 Å². The van der Waals surface area contributed by atoms with Gasteiger partial charge in [0.2, 0.25) is 5.91 Å². The van der Waals surface area contributed by atoms with E-state index in [0.29, 0.717) is 37.6 Å². The maximum absolute atomic E-state index is 12.6. The van der Waals surface area contributed by atoms with Crippen LogP contribution in [0.2, 0.25) is 0 Å². The van der Waals surface area contributed by atoms with Crippen LogP contribution in [0.25, 0.3) is 0 Å². The average Bonchev–Trinajstić information content (AvgIpc) is 2.42. The van der Waals surface area contributed by atoms with Gasteiger partial charge in [-0.2, -0.15) is 0 Å². The van der Waals surface area contributed by atoms with Crippen molar-refractivity contribution in [3.8, 4) is 0 Å². The predicted molar refractivity (Wildman–Crippen MR) is 73.7 cm³/mol. The topological polar surface area (TPSA) is 55.6 Å². The lowest BCUT2D eigenvalue weighted by Gasteiger charge is -2.47. The number of nitrogens with two attached hydrogens (primary N) is 1. The van der Waals surface area contributed by atoms with Gasteiger partial charge in [-0.05, 0) is 37.6 Å². The van der Waals surface area contributed by atoms with E-state index in [2.05, 4.69) is 4.90 Å². The fourth-order valence-corrected chi connectivity index (χ4v) is 3.96. The standard InChI is InChI=1S/C15H26N2O2/c16-11-15(6-3-7-15)10-14(18)17-8-9-19-13-5-2-1-4-12(13)17/h12-13H,1-11,16H2. The lowest BCUT2D eigenvalue weighted by molar-refractivity contribution is -0.153. The van der Waals surface area contributed by atoms with Gasteiger partial charge in [-0.1, -0.05) is 19.3 Å². The van der Waals surface area contributed by atoms with Crippen molar-refractivity contribution in [2.45, 2.75) is 63.5 Å². The van der Waals surface area contributed by atoms with Gasteiger partial charge in [-0.15, -0.1) is 0 Å². The first-order valence-corrected chi connectivity index (χ1v) is 7.85. The van der Waals surface area contributed by atoms with Crippen LogP contribution in [-0.2, 0) is 9.53 Å². The molecule has 3 fully saturated rings. The number of carbonyl (C=O) groups is 1. The summed E-state index contributed by atoms with van der Waals surface area (Å²) in [6, 6.07) is 0.338. The zero-order valence-corrected chi connectivity index (χ0v) is 11.8. The summed E-state index contributed by atoms with van der Waals surface area (Å²) < 4.78 is 5.84. The van der Waals surface area contributed by atoms with E-state index in [-0.39, 0.29) is 5.41 Å². The molecule has 4 nitrogen and oxygen atoms in total. The molecule has 108 valence electrons. The normalized spacial score (nSPS) is 33.4. The molecule has 1 aliphatic heterocycles. The zero-order chi connectivity index (χ0) is 13.3. The Kier molecular flexibility index (Phi) is 3.81. The number of fused-ring (bicyclic) bond motifs is 1. The maximum Gasteiger partial charge on any atom is 0.223 e. The minimum Gasteiger partial charge on any atom is -0.374 e. The molecule has 0 aromatic heterocycles. The van der Waals surface area contributed by atoms with Crippen molar-refractivity contribution >= 4 is 5.91 Å². The predicted octanol–water partition coefficient (Wildman–Crippen LogP) is 1.68. The van der Waals surface area contributed by atoms with Gasteiger partial charge in [0.15, 0.2) is 0 Å².